The highest BCUT2D eigenvalue weighted by atomic mass is 16.7. The van der Waals surface area contributed by atoms with Gasteiger partial charge >= 0.3 is 0 Å². The van der Waals surface area contributed by atoms with E-state index < -0.39 is 5.79 Å². The molecule has 0 unspecified atom stereocenters. The normalized spacial score (nSPS) is 18.2. The van der Waals surface area contributed by atoms with Crippen molar-refractivity contribution in [3.05, 3.63) is 47.8 Å². The van der Waals surface area contributed by atoms with Crippen molar-refractivity contribution in [2.75, 3.05) is 38.7 Å². The van der Waals surface area contributed by atoms with Crippen molar-refractivity contribution in [3.8, 4) is 5.75 Å². The first-order chi connectivity index (χ1) is 13.7. The number of rotatable bonds is 5. The fourth-order valence-electron chi connectivity index (χ4n) is 3.57. The minimum Gasteiger partial charge on any atom is -0.496 e. The molecule has 8 heteroatoms. The van der Waals surface area contributed by atoms with Crippen LogP contribution in [0, 0.1) is 0 Å². The van der Waals surface area contributed by atoms with E-state index in [-0.39, 0.29) is 5.91 Å². The summed E-state index contributed by atoms with van der Waals surface area (Å²) in [6.07, 6.45) is 4.51. The zero-order valence-electron chi connectivity index (χ0n) is 15.9. The molecule has 28 heavy (non-hydrogen) atoms. The number of carbonyl (C=O) groups is 1. The topological polar surface area (TPSA) is 85.8 Å². The molecule has 0 radical (unpaired) electrons. The summed E-state index contributed by atoms with van der Waals surface area (Å²) in [5.74, 6) is 0.719. The third-order valence-electron chi connectivity index (χ3n) is 5.15. The van der Waals surface area contributed by atoms with Gasteiger partial charge in [0.2, 0.25) is 5.95 Å². The second kappa shape index (κ2) is 8.12. The lowest BCUT2D eigenvalue weighted by Crippen LogP contribution is -2.47. The predicted octanol–water partition coefficient (Wildman–Crippen LogP) is 2.08. The monoisotopic (exact) mass is 384 g/mol. The van der Waals surface area contributed by atoms with Gasteiger partial charge in [-0.15, -0.1) is 0 Å². The average Bonchev–Trinajstić information content (AvgIpc) is 3.21. The van der Waals surface area contributed by atoms with Gasteiger partial charge in [0.05, 0.1) is 25.9 Å². The Morgan fingerprint density at radius 2 is 1.86 bits per heavy atom. The van der Waals surface area contributed by atoms with Gasteiger partial charge in [-0.2, -0.15) is 0 Å². The number of likely N-dealkylation sites (tertiary alicyclic amines) is 1. The number of piperidine rings is 1. The Morgan fingerprint density at radius 3 is 2.54 bits per heavy atom. The summed E-state index contributed by atoms with van der Waals surface area (Å²) in [7, 11) is 1.64. The largest absolute Gasteiger partial charge is 0.496 e. The van der Waals surface area contributed by atoms with Crippen LogP contribution in [-0.2, 0) is 16.0 Å². The molecule has 0 bridgehead atoms. The van der Waals surface area contributed by atoms with Gasteiger partial charge in [-0.05, 0) is 6.07 Å². The molecule has 8 nitrogen and oxygen atoms in total. The van der Waals surface area contributed by atoms with E-state index in [9.17, 15) is 4.79 Å². The molecule has 2 aliphatic rings. The first-order valence-corrected chi connectivity index (χ1v) is 9.44. The Hall–Kier alpha value is -2.71. The van der Waals surface area contributed by atoms with Gasteiger partial charge in [-0.25, -0.2) is 9.97 Å². The standard InChI is InChI=1S/C20H24N4O4/c1-26-17-5-3-2-4-15(17)12-21-19-22-13-16(14-23-19)18(25)24-8-6-20(7-9-24)27-10-11-28-20/h2-5,13-14H,6-12H2,1H3,(H,21,22,23). The van der Waals surface area contributed by atoms with Crippen LogP contribution in [0.15, 0.2) is 36.7 Å². The maximum Gasteiger partial charge on any atom is 0.256 e. The molecule has 0 saturated carbocycles. The van der Waals surface area contributed by atoms with Gasteiger partial charge in [-0.1, -0.05) is 18.2 Å². The minimum atomic E-state index is -0.487. The summed E-state index contributed by atoms with van der Waals surface area (Å²) < 4.78 is 16.8. The number of para-hydroxylation sites is 1. The van der Waals surface area contributed by atoms with E-state index in [1.165, 1.54) is 0 Å². The molecule has 1 amide bonds. The molecule has 2 fully saturated rings. The molecule has 2 aliphatic heterocycles. The van der Waals surface area contributed by atoms with Crippen LogP contribution in [0.25, 0.3) is 0 Å². The van der Waals surface area contributed by atoms with E-state index in [1.54, 1.807) is 24.4 Å². The Morgan fingerprint density at radius 1 is 1.18 bits per heavy atom. The average molecular weight is 384 g/mol. The molecule has 1 N–H and O–H groups in total. The number of nitrogens with zero attached hydrogens (tertiary/aromatic N) is 3. The molecule has 2 aromatic rings. The molecule has 0 atom stereocenters. The number of ether oxygens (including phenoxy) is 3. The summed E-state index contributed by atoms with van der Waals surface area (Å²) in [6.45, 7) is 3.00. The van der Waals surface area contributed by atoms with Crippen molar-refractivity contribution in [1.29, 1.82) is 0 Å². The van der Waals surface area contributed by atoms with Crippen LogP contribution in [0.4, 0.5) is 5.95 Å². The van der Waals surface area contributed by atoms with Crippen molar-refractivity contribution in [2.24, 2.45) is 0 Å². The number of benzene rings is 1. The molecular weight excluding hydrogens is 360 g/mol. The molecule has 1 spiro atoms. The number of methoxy groups -OCH3 is 1. The van der Waals surface area contributed by atoms with E-state index in [0.29, 0.717) is 57.2 Å². The zero-order chi connectivity index (χ0) is 19.4. The molecule has 1 aromatic heterocycles. The Labute approximate surface area is 163 Å². The minimum absolute atomic E-state index is 0.0656. The maximum atomic E-state index is 12.7. The van der Waals surface area contributed by atoms with Crippen LogP contribution in [0.1, 0.15) is 28.8 Å². The van der Waals surface area contributed by atoms with Gasteiger partial charge in [0.15, 0.2) is 5.79 Å². The molecule has 0 aliphatic carbocycles. The highest BCUT2D eigenvalue weighted by Gasteiger charge is 2.40. The van der Waals surface area contributed by atoms with E-state index in [2.05, 4.69) is 15.3 Å². The Bertz CT molecular complexity index is 811. The Balaban J connectivity index is 1.33. The second-order valence-electron chi connectivity index (χ2n) is 6.86. The molecule has 1 aromatic carbocycles. The van der Waals surface area contributed by atoms with Crippen LogP contribution in [0.2, 0.25) is 0 Å². The first kappa shape index (κ1) is 18.6. The smallest absolute Gasteiger partial charge is 0.256 e. The highest BCUT2D eigenvalue weighted by Crippen LogP contribution is 2.31. The SMILES string of the molecule is COc1ccccc1CNc1ncc(C(=O)N2CCC3(CC2)OCCO3)cn1. The summed E-state index contributed by atoms with van der Waals surface area (Å²) in [4.78, 5) is 23.1. The molecule has 148 valence electrons. The van der Waals surface area contributed by atoms with Gasteiger partial charge in [-0.3, -0.25) is 4.79 Å². The fourth-order valence-corrected chi connectivity index (χ4v) is 3.57. The number of hydrogen-bond donors (Lipinski definition) is 1. The summed E-state index contributed by atoms with van der Waals surface area (Å²) in [6, 6.07) is 7.76. The number of nitrogens with one attached hydrogen (secondary N) is 1. The van der Waals surface area contributed by atoms with Crippen molar-refractivity contribution in [3.63, 3.8) is 0 Å². The van der Waals surface area contributed by atoms with Crippen LogP contribution in [-0.4, -0.2) is 60.0 Å². The lowest BCUT2D eigenvalue weighted by Gasteiger charge is -2.37. The van der Waals surface area contributed by atoms with E-state index in [4.69, 9.17) is 14.2 Å². The molecular formula is C20H24N4O4. The van der Waals surface area contributed by atoms with Gasteiger partial charge in [0, 0.05) is 50.4 Å². The number of aromatic nitrogens is 2. The summed E-state index contributed by atoms with van der Waals surface area (Å²) in [5, 5.41) is 3.15. The lowest BCUT2D eigenvalue weighted by molar-refractivity contribution is -0.181. The van der Waals surface area contributed by atoms with Crippen LogP contribution in [0.3, 0.4) is 0 Å². The van der Waals surface area contributed by atoms with Crippen LogP contribution in [0.5, 0.6) is 5.75 Å². The molecule has 4 rings (SSSR count). The summed E-state index contributed by atoms with van der Waals surface area (Å²) >= 11 is 0. The van der Waals surface area contributed by atoms with E-state index in [0.717, 1.165) is 11.3 Å². The van der Waals surface area contributed by atoms with Gasteiger partial charge in [0.25, 0.3) is 5.91 Å². The van der Waals surface area contributed by atoms with Crippen molar-refractivity contribution in [2.45, 2.75) is 25.2 Å². The van der Waals surface area contributed by atoms with Crippen molar-refractivity contribution >= 4 is 11.9 Å². The number of carbonyl (C=O) groups excluding carboxylic acids is 1. The highest BCUT2D eigenvalue weighted by molar-refractivity contribution is 5.93. The van der Waals surface area contributed by atoms with Gasteiger partial charge in [0.1, 0.15) is 5.75 Å². The number of hydrogen-bond acceptors (Lipinski definition) is 7. The third kappa shape index (κ3) is 3.93. The fraction of sp³-hybridized carbons (Fsp3) is 0.450. The molecule has 2 saturated heterocycles. The van der Waals surface area contributed by atoms with E-state index in [1.807, 2.05) is 24.3 Å². The summed E-state index contributed by atoms with van der Waals surface area (Å²) in [5.41, 5.74) is 1.49. The third-order valence-corrected chi connectivity index (χ3v) is 5.15. The lowest BCUT2D eigenvalue weighted by atomic mass is 10.0. The quantitative estimate of drug-likeness (QED) is 0.845. The molecule has 3 heterocycles. The second-order valence-corrected chi connectivity index (χ2v) is 6.86. The van der Waals surface area contributed by atoms with Gasteiger partial charge < -0.3 is 24.4 Å². The first-order valence-electron chi connectivity index (χ1n) is 9.44. The Kier molecular flexibility index (Phi) is 5.40. The number of amides is 1. The van der Waals surface area contributed by atoms with Crippen LogP contribution < -0.4 is 10.1 Å². The maximum absolute atomic E-state index is 12.7. The zero-order valence-corrected chi connectivity index (χ0v) is 15.9. The van der Waals surface area contributed by atoms with Crippen molar-refractivity contribution in [1.82, 2.24) is 14.9 Å². The van der Waals surface area contributed by atoms with Crippen molar-refractivity contribution < 1.29 is 19.0 Å². The predicted molar refractivity (Wildman–Crippen MR) is 102 cm³/mol. The van der Waals surface area contributed by atoms with E-state index >= 15 is 0 Å². The number of anilines is 1. The van der Waals surface area contributed by atoms with Crippen LogP contribution >= 0.6 is 0 Å².